The van der Waals surface area contributed by atoms with Crippen molar-refractivity contribution in [3.8, 4) is 11.1 Å². The molecule has 2 heterocycles. The molecule has 0 saturated carbocycles. The Labute approximate surface area is 276 Å². The minimum Gasteiger partial charge on any atom is -0.444 e. The van der Waals surface area contributed by atoms with E-state index < -0.39 is 11.9 Å². The van der Waals surface area contributed by atoms with Crippen molar-refractivity contribution in [2.45, 2.75) is 58.8 Å². The molecule has 248 valence electrons. The van der Waals surface area contributed by atoms with Crippen LogP contribution in [-0.4, -0.2) is 67.5 Å². The van der Waals surface area contributed by atoms with E-state index in [1.165, 1.54) is 6.08 Å². The molecule has 3 amide bonds. The van der Waals surface area contributed by atoms with Crippen LogP contribution in [0.15, 0.2) is 72.8 Å². The summed E-state index contributed by atoms with van der Waals surface area (Å²) in [5.74, 6) is -0.572. The monoisotopic (exact) mass is 640 g/mol. The van der Waals surface area contributed by atoms with E-state index in [0.717, 1.165) is 47.2 Å². The molecule has 3 aromatic carbocycles. The molecule has 0 spiro atoms. The Morgan fingerprint density at radius 1 is 0.915 bits per heavy atom. The fraction of sp³-hybridized carbons (Fsp3) is 0.378. The smallest absolute Gasteiger partial charge is 0.410 e. The third-order valence-corrected chi connectivity index (χ3v) is 7.98. The largest absolute Gasteiger partial charge is 0.444 e. The molecule has 5 rings (SSSR count). The number of carbonyl (C=O) groups excluding carboxylic acids is 3. The highest BCUT2D eigenvalue weighted by molar-refractivity contribution is 6.06. The Morgan fingerprint density at radius 2 is 1.66 bits per heavy atom. The summed E-state index contributed by atoms with van der Waals surface area (Å²) in [4.78, 5) is 47.5. The Hall–Kier alpha value is -4.67. The highest BCUT2D eigenvalue weighted by Gasteiger charge is 2.26. The van der Waals surface area contributed by atoms with Gasteiger partial charge < -0.3 is 24.6 Å². The van der Waals surface area contributed by atoms with Crippen molar-refractivity contribution in [2.75, 3.05) is 43.0 Å². The lowest BCUT2D eigenvalue weighted by Crippen LogP contribution is -2.50. The first kappa shape index (κ1) is 33.7. The number of anilines is 2. The highest BCUT2D eigenvalue weighted by atomic mass is 16.8. The van der Waals surface area contributed by atoms with Crippen molar-refractivity contribution in [3.63, 3.8) is 0 Å². The number of carbonyl (C=O) groups is 3. The summed E-state index contributed by atoms with van der Waals surface area (Å²) in [6.07, 6.45) is 5.21. The quantitative estimate of drug-likeness (QED) is 0.212. The molecule has 2 aliphatic rings. The van der Waals surface area contributed by atoms with E-state index >= 15 is 0 Å². The molecule has 2 saturated heterocycles. The van der Waals surface area contributed by atoms with Crippen LogP contribution in [0.25, 0.3) is 17.2 Å². The summed E-state index contributed by atoms with van der Waals surface area (Å²) in [6.45, 7) is 10.6. The van der Waals surface area contributed by atoms with Gasteiger partial charge >= 0.3 is 6.09 Å². The molecule has 0 aromatic heterocycles. The van der Waals surface area contributed by atoms with Crippen molar-refractivity contribution in [2.24, 2.45) is 0 Å². The van der Waals surface area contributed by atoms with Gasteiger partial charge in [-0.15, -0.1) is 0 Å². The van der Waals surface area contributed by atoms with Gasteiger partial charge in [0.15, 0.2) is 6.29 Å². The molecule has 1 atom stereocenters. The van der Waals surface area contributed by atoms with Gasteiger partial charge in [-0.25, -0.2) is 15.1 Å². The van der Waals surface area contributed by atoms with Crippen LogP contribution in [0.2, 0.25) is 0 Å². The number of aryl methyl sites for hydroxylation is 1. The molecule has 3 aromatic rings. The molecule has 47 heavy (non-hydrogen) atoms. The van der Waals surface area contributed by atoms with Gasteiger partial charge in [0.2, 0.25) is 0 Å². The van der Waals surface area contributed by atoms with Crippen molar-refractivity contribution in [1.82, 2.24) is 10.4 Å². The van der Waals surface area contributed by atoms with E-state index in [2.05, 4.69) is 15.7 Å². The van der Waals surface area contributed by atoms with Crippen molar-refractivity contribution in [3.05, 3.63) is 89.5 Å². The van der Waals surface area contributed by atoms with Crippen molar-refractivity contribution >= 4 is 35.4 Å². The summed E-state index contributed by atoms with van der Waals surface area (Å²) >= 11 is 0. The van der Waals surface area contributed by atoms with Crippen LogP contribution >= 0.6 is 0 Å². The number of hydrogen-bond donors (Lipinski definition) is 2. The second kappa shape index (κ2) is 15.3. The van der Waals surface area contributed by atoms with E-state index in [1.54, 1.807) is 23.1 Å². The lowest BCUT2D eigenvalue weighted by molar-refractivity contribution is -0.198. The SMILES string of the molecule is Cc1cc(/C=C/C(=O)NOC2CCCCO2)ccc1-c1ccc(N2CCN(C(=O)OC(C)(C)C)CC2)cc1NC(=O)c1ccccc1. The summed E-state index contributed by atoms with van der Waals surface area (Å²) in [6, 6.07) is 21.1. The second-order valence-electron chi connectivity index (χ2n) is 12.8. The van der Waals surface area contributed by atoms with E-state index in [1.807, 2.05) is 82.3 Å². The minimum atomic E-state index is -0.546. The van der Waals surface area contributed by atoms with Crippen LogP contribution in [0.4, 0.5) is 16.2 Å². The average molecular weight is 641 g/mol. The van der Waals surface area contributed by atoms with Gasteiger partial charge in [-0.1, -0.05) is 42.5 Å². The van der Waals surface area contributed by atoms with Gasteiger partial charge in [-0.2, -0.15) is 0 Å². The number of hydroxylamine groups is 1. The van der Waals surface area contributed by atoms with E-state index in [-0.39, 0.29) is 17.9 Å². The van der Waals surface area contributed by atoms with Gasteiger partial charge in [-0.05, 0) is 87.6 Å². The zero-order valence-corrected chi connectivity index (χ0v) is 27.6. The number of ether oxygens (including phenoxy) is 2. The molecule has 10 heteroatoms. The summed E-state index contributed by atoms with van der Waals surface area (Å²) in [5, 5.41) is 3.14. The van der Waals surface area contributed by atoms with Crippen molar-refractivity contribution < 1.29 is 28.7 Å². The summed E-state index contributed by atoms with van der Waals surface area (Å²) in [7, 11) is 0. The maximum Gasteiger partial charge on any atom is 0.410 e. The van der Waals surface area contributed by atoms with Crippen LogP contribution in [0, 0.1) is 6.92 Å². The maximum absolute atomic E-state index is 13.3. The number of rotatable bonds is 8. The fourth-order valence-electron chi connectivity index (χ4n) is 5.55. The molecule has 0 radical (unpaired) electrons. The Balaban J connectivity index is 1.32. The van der Waals surface area contributed by atoms with Crippen LogP contribution in [0.1, 0.15) is 61.5 Å². The first-order chi connectivity index (χ1) is 22.6. The number of piperazine rings is 1. The first-order valence-electron chi connectivity index (χ1n) is 16.2. The lowest BCUT2D eigenvalue weighted by atomic mass is 9.96. The Morgan fingerprint density at radius 3 is 2.34 bits per heavy atom. The zero-order valence-electron chi connectivity index (χ0n) is 27.6. The number of hydrogen-bond acceptors (Lipinski definition) is 7. The number of benzene rings is 3. The first-order valence-corrected chi connectivity index (χ1v) is 16.2. The third kappa shape index (κ3) is 9.43. The molecule has 2 N–H and O–H groups in total. The number of nitrogens with one attached hydrogen (secondary N) is 2. The number of nitrogens with zero attached hydrogens (tertiary/aromatic N) is 2. The van der Waals surface area contributed by atoms with E-state index in [4.69, 9.17) is 14.3 Å². The van der Waals surface area contributed by atoms with Crippen molar-refractivity contribution in [1.29, 1.82) is 0 Å². The topological polar surface area (TPSA) is 109 Å². The van der Waals surface area contributed by atoms with Crippen LogP contribution in [0.3, 0.4) is 0 Å². The molecule has 2 fully saturated rings. The molecule has 0 bridgehead atoms. The van der Waals surface area contributed by atoms with Gasteiger partial charge in [0.1, 0.15) is 5.60 Å². The molecule has 0 aliphatic carbocycles. The van der Waals surface area contributed by atoms with Gasteiger partial charge in [0.25, 0.3) is 11.8 Å². The standard InChI is InChI=1S/C37H44N4O6/c1-26-24-27(14-18-33(42)39-47-34-12-8-9-23-45-34)13-16-30(26)31-17-15-29(25-32(31)38-35(43)28-10-6-5-7-11-28)40-19-21-41(22-20-40)36(44)46-37(2,3)4/h5-7,10-11,13-18,24-25,34H,8-9,12,19-23H2,1-4H3,(H,38,43)(H,39,42)/b18-14+. The molecule has 10 nitrogen and oxygen atoms in total. The highest BCUT2D eigenvalue weighted by Crippen LogP contribution is 2.35. The molecule has 2 aliphatic heterocycles. The summed E-state index contributed by atoms with van der Waals surface area (Å²) < 4.78 is 11.0. The van der Waals surface area contributed by atoms with E-state index in [0.29, 0.717) is 44.0 Å². The predicted molar refractivity (Wildman–Crippen MR) is 183 cm³/mol. The fourth-order valence-corrected chi connectivity index (χ4v) is 5.55. The molecule has 1 unspecified atom stereocenters. The van der Waals surface area contributed by atoms with Gasteiger partial charge in [0, 0.05) is 62.1 Å². The molecular weight excluding hydrogens is 596 g/mol. The van der Waals surface area contributed by atoms with E-state index in [9.17, 15) is 14.4 Å². The predicted octanol–water partition coefficient (Wildman–Crippen LogP) is 6.56. The Bertz CT molecular complexity index is 1590. The lowest BCUT2D eigenvalue weighted by Gasteiger charge is -2.37. The van der Waals surface area contributed by atoms with Crippen LogP contribution in [-0.2, 0) is 19.1 Å². The second-order valence-corrected chi connectivity index (χ2v) is 12.8. The number of amides is 3. The normalized spacial score (nSPS) is 17.0. The average Bonchev–Trinajstić information content (AvgIpc) is 3.07. The Kier molecular flexibility index (Phi) is 11.0. The maximum atomic E-state index is 13.3. The third-order valence-electron chi connectivity index (χ3n) is 7.98. The van der Waals surface area contributed by atoms with Crippen LogP contribution < -0.4 is 15.7 Å². The minimum absolute atomic E-state index is 0.206. The molecular formula is C37H44N4O6. The summed E-state index contributed by atoms with van der Waals surface area (Å²) in [5.41, 5.74) is 7.74. The van der Waals surface area contributed by atoms with Gasteiger partial charge in [-0.3, -0.25) is 9.59 Å². The zero-order chi connectivity index (χ0) is 33.4. The van der Waals surface area contributed by atoms with Crippen LogP contribution in [0.5, 0.6) is 0 Å². The van der Waals surface area contributed by atoms with Gasteiger partial charge in [0.05, 0.1) is 5.69 Å².